The van der Waals surface area contributed by atoms with Crippen molar-refractivity contribution in [3.05, 3.63) is 60.2 Å². The molecule has 0 spiro atoms. The third-order valence-electron chi connectivity index (χ3n) is 4.44. The molecule has 0 radical (unpaired) electrons. The standard InChI is InChI=1S/C24H28N10/c1-17(29-27-15-23-11-7-9-13-25-23)19(3)31-33-21(5)22(6)34-32-20(4)18(2)30-28-16-24-12-8-10-14-26-24/h7-16H,1-6H3/b27-15+,28-16+,29-17+,30-18+,31-19+,32-20+,33-21+,34-22+. The van der Waals surface area contributed by atoms with Crippen LogP contribution in [0.4, 0.5) is 0 Å². The Hall–Kier alpha value is -4.34. The van der Waals surface area contributed by atoms with Crippen molar-refractivity contribution in [1.82, 2.24) is 9.97 Å². The van der Waals surface area contributed by atoms with E-state index in [-0.39, 0.29) is 0 Å². The summed E-state index contributed by atoms with van der Waals surface area (Å²) < 4.78 is 0. The largest absolute Gasteiger partial charge is 0.255 e. The predicted molar refractivity (Wildman–Crippen MR) is 142 cm³/mol. The van der Waals surface area contributed by atoms with Gasteiger partial charge in [0.15, 0.2) is 0 Å². The van der Waals surface area contributed by atoms with Crippen molar-refractivity contribution in [3.63, 3.8) is 0 Å². The number of pyridine rings is 2. The zero-order valence-electron chi connectivity index (χ0n) is 20.2. The minimum atomic E-state index is 0.628. The maximum atomic E-state index is 4.22. The van der Waals surface area contributed by atoms with E-state index < -0.39 is 0 Å². The summed E-state index contributed by atoms with van der Waals surface area (Å²) in [6, 6.07) is 11.1. The third-order valence-corrected chi connectivity index (χ3v) is 4.44. The molecule has 0 amide bonds. The van der Waals surface area contributed by atoms with Gasteiger partial charge in [-0.2, -0.15) is 40.8 Å². The highest BCUT2D eigenvalue weighted by atomic mass is 15.3. The molecule has 174 valence electrons. The van der Waals surface area contributed by atoms with E-state index in [1.165, 1.54) is 0 Å². The molecule has 0 atom stereocenters. The van der Waals surface area contributed by atoms with Gasteiger partial charge in [-0.25, -0.2) is 0 Å². The number of aromatic nitrogens is 2. The van der Waals surface area contributed by atoms with Crippen LogP contribution in [0.1, 0.15) is 52.9 Å². The van der Waals surface area contributed by atoms with Crippen molar-refractivity contribution < 1.29 is 0 Å². The minimum absolute atomic E-state index is 0.628. The number of nitrogens with zero attached hydrogens (tertiary/aromatic N) is 10. The first-order valence-electron chi connectivity index (χ1n) is 10.5. The lowest BCUT2D eigenvalue weighted by molar-refractivity contribution is 1.19. The van der Waals surface area contributed by atoms with Crippen LogP contribution in [0.25, 0.3) is 0 Å². The fourth-order valence-corrected chi connectivity index (χ4v) is 1.99. The van der Waals surface area contributed by atoms with E-state index in [1.54, 1.807) is 24.8 Å². The molecule has 34 heavy (non-hydrogen) atoms. The molecule has 0 N–H and O–H groups in total. The van der Waals surface area contributed by atoms with Gasteiger partial charge in [-0.05, 0) is 65.8 Å². The van der Waals surface area contributed by atoms with Crippen molar-refractivity contribution in [3.8, 4) is 0 Å². The van der Waals surface area contributed by atoms with E-state index in [1.807, 2.05) is 77.9 Å². The number of rotatable bonds is 9. The van der Waals surface area contributed by atoms with Crippen molar-refractivity contribution in [2.24, 2.45) is 40.8 Å². The summed E-state index contributed by atoms with van der Waals surface area (Å²) in [7, 11) is 0. The second-order valence-electron chi connectivity index (χ2n) is 7.11. The van der Waals surface area contributed by atoms with E-state index in [9.17, 15) is 0 Å². The molecule has 2 aromatic rings. The van der Waals surface area contributed by atoms with Gasteiger partial charge >= 0.3 is 0 Å². The van der Waals surface area contributed by atoms with Gasteiger partial charge in [0.2, 0.25) is 0 Å². The lowest BCUT2D eigenvalue weighted by atomic mass is 10.3. The van der Waals surface area contributed by atoms with Gasteiger partial charge in [-0.1, -0.05) is 12.1 Å². The highest BCUT2D eigenvalue weighted by Gasteiger charge is 2.01. The number of hydrogen-bond acceptors (Lipinski definition) is 10. The molecule has 10 heteroatoms. The lowest BCUT2D eigenvalue weighted by Crippen LogP contribution is -2.09. The second-order valence-corrected chi connectivity index (χ2v) is 7.11. The Bertz CT molecular complexity index is 1090. The average Bonchev–Trinajstić information content (AvgIpc) is 2.86. The molecule has 0 unspecified atom stereocenters. The van der Waals surface area contributed by atoms with Crippen molar-refractivity contribution in [1.29, 1.82) is 0 Å². The molecule has 0 aromatic carbocycles. The molecule has 0 saturated carbocycles. The second kappa shape index (κ2) is 13.9. The Morgan fingerprint density at radius 3 is 1.12 bits per heavy atom. The van der Waals surface area contributed by atoms with Gasteiger partial charge in [0.25, 0.3) is 0 Å². The van der Waals surface area contributed by atoms with Crippen LogP contribution in [0.2, 0.25) is 0 Å². The fourth-order valence-electron chi connectivity index (χ4n) is 1.99. The van der Waals surface area contributed by atoms with Crippen LogP contribution < -0.4 is 0 Å². The summed E-state index contributed by atoms with van der Waals surface area (Å²) in [6.45, 7) is 10.9. The molecule has 0 fully saturated rings. The van der Waals surface area contributed by atoms with Crippen LogP contribution >= 0.6 is 0 Å². The van der Waals surface area contributed by atoms with E-state index in [0.717, 1.165) is 11.4 Å². The minimum Gasteiger partial charge on any atom is -0.255 e. The topological polar surface area (TPSA) is 125 Å². The summed E-state index contributed by atoms with van der Waals surface area (Å²) in [5.74, 6) is 0. The highest BCUT2D eigenvalue weighted by Crippen LogP contribution is 1.95. The Kier molecular flexibility index (Phi) is 10.6. The SMILES string of the molecule is CC(=N\N=C\c1ccccn1)/C(C)=N/N=C(C)/C(C)=N/N=C(C)/C(C)=N/N=C/c1ccccn1. The van der Waals surface area contributed by atoms with Crippen LogP contribution in [0.15, 0.2) is 89.6 Å². The molecule has 10 nitrogen and oxygen atoms in total. The Morgan fingerprint density at radius 2 is 0.824 bits per heavy atom. The van der Waals surface area contributed by atoms with Gasteiger partial charge in [0.05, 0.1) is 58.1 Å². The molecule has 2 heterocycles. The lowest BCUT2D eigenvalue weighted by Gasteiger charge is -1.98. The van der Waals surface area contributed by atoms with E-state index in [2.05, 4.69) is 50.8 Å². The summed E-state index contributed by atoms with van der Waals surface area (Å²) in [5.41, 5.74) is 5.27. The van der Waals surface area contributed by atoms with Crippen LogP contribution in [-0.2, 0) is 0 Å². The smallest absolute Gasteiger partial charge is 0.0831 e. The summed E-state index contributed by atoms with van der Waals surface area (Å²) in [5, 5.41) is 33.2. The summed E-state index contributed by atoms with van der Waals surface area (Å²) in [6.07, 6.45) is 6.56. The first-order valence-corrected chi connectivity index (χ1v) is 10.5. The first-order chi connectivity index (χ1) is 16.4. The first kappa shape index (κ1) is 25.9. The molecule has 0 aliphatic rings. The fraction of sp³-hybridized carbons (Fsp3) is 0.250. The van der Waals surface area contributed by atoms with Gasteiger partial charge in [0, 0.05) is 12.4 Å². The Labute approximate surface area is 199 Å². The van der Waals surface area contributed by atoms with Crippen molar-refractivity contribution in [2.75, 3.05) is 0 Å². The summed E-state index contributed by atoms with van der Waals surface area (Å²) >= 11 is 0. The Morgan fingerprint density at radius 1 is 0.500 bits per heavy atom. The zero-order valence-corrected chi connectivity index (χ0v) is 20.2. The van der Waals surface area contributed by atoms with E-state index in [0.29, 0.717) is 34.3 Å². The maximum absolute atomic E-state index is 4.22. The molecular formula is C24H28N10. The van der Waals surface area contributed by atoms with Crippen LogP contribution in [0.3, 0.4) is 0 Å². The van der Waals surface area contributed by atoms with E-state index in [4.69, 9.17) is 0 Å². The predicted octanol–water partition coefficient (Wildman–Crippen LogP) is 4.44. The average molecular weight is 457 g/mol. The van der Waals surface area contributed by atoms with Crippen LogP contribution in [0.5, 0.6) is 0 Å². The van der Waals surface area contributed by atoms with Crippen molar-refractivity contribution >= 4 is 46.7 Å². The van der Waals surface area contributed by atoms with Crippen molar-refractivity contribution in [2.45, 2.75) is 41.5 Å². The zero-order chi connectivity index (χ0) is 24.8. The van der Waals surface area contributed by atoms with Crippen LogP contribution in [-0.4, -0.2) is 56.7 Å². The molecule has 2 rings (SSSR count). The maximum Gasteiger partial charge on any atom is 0.0831 e. The van der Waals surface area contributed by atoms with Crippen LogP contribution in [0, 0.1) is 0 Å². The molecule has 0 aliphatic heterocycles. The quantitative estimate of drug-likeness (QED) is 0.409. The molecule has 2 aromatic heterocycles. The molecule has 0 aliphatic carbocycles. The van der Waals surface area contributed by atoms with E-state index >= 15 is 0 Å². The highest BCUT2D eigenvalue weighted by molar-refractivity contribution is 6.43. The van der Waals surface area contributed by atoms with Gasteiger partial charge in [-0.15, -0.1) is 0 Å². The molecular weight excluding hydrogens is 428 g/mol. The summed E-state index contributed by atoms with van der Waals surface area (Å²) in [4.78, 5) is 8.31. The molecule has 0 bridgehead atoms. The monoisotopic (exact) mass is 456 g/mol. The Balaban J connectivity index is 2.00. The number of hydrogen-bond donors (Lipinski definition) is 0. The van der Waals surface area contributed by atoms with Gasteiger partial charge in [-0.3, -0.25) is 9.97 Å². The molecule has 0 saturated heterocycles. The normalized spacial score (nSPS) is 15.0. The van der Waals surface area contributed by atoms with Gasteiger partial charge in [0.1, 0.15) is 0 Å². The van der Waals surface area contributed by atoms with Gasteiger partial charge < -0.3 is 0 Å². The third kappa shape index (κ3) is 9.43.